The standard InChI is InChI=1S/C14H11BrO3/c1-17-13-7-5-10(9-11(13)15)4-6-12(16)14-3-2-8-18-14/h2-9H,1H3/b6-4+. The fourth-order valence-corrected chi connectivity index (χ4v) is 2.02. The average Bonchev–Trinajstić information content (AvgIpc) is 2.90. The SMILES string of the molecule is COc1ccc(/C=C/C(=O)c2ccco2)cc1Br. The number of carbonyl (C=O) groups excluding carboxylic acids is 1. The number of halogens is 1. The van der Waals surface area contributed by atoms with Gasteiger partial charge in [0.2, 0.25) is 5.78 Å². The Morgan fingerprint density at radius 3 is 2.83 bits per heavy atom. The number of ether oxygens (including phenoxy) is 1. The van der Waals surface area contributed by atoms with Crippen LogP contribution in [0.5, 0.6) is 5.75 Å². The maximum Gasteiger partial charge on any atom is 0.221 e. The van der Waals surface area contributed by atoms with Crippen LogP contribution < -0.4 is 4.74 Å². The number of carbonyl (C=O) groups is 1. The quantitative estimate of drug-likeness (QED) is 0.634. The fraction of sp³-hybridized carbons (Fsp3) is 0.0714. The van der Waals surface area contributed by atoms with Crippen molar-refractivity contribution in [1.29, 1.82) is 0 Å². The molecule has 4 heteroatoms. The zero-order valence-electron chi connectivity index (χ0n) is 9.72. The molecule has 0 saturated heterocycles. The Labute approximate surface area is 113 Å². The van der Waals surface area contributed by atoms with Crippen molar-refractivity contribution < 1.29 is 13.9 Å². The van der Waals surface area contributed by atoms with E-state index >= 15 is 0 Å². The summed E-state index contributed by atoms with van der Waals surface area (Å²) in [5, 5.41) is 0. The van der Waals surface area contributed by atoms with Crippen molar-refractivity contribution in [2.75, 3.05) is 7.11 Å². The van der Waals surface area contributed by atoms with Crippen LogP contribution in [0, 0.1) is 0 Å². The summed E-state index contributed by atoms with van der Waals surface area (Å²) in [5.41, 5.74) is 0.905. The molecule has 2 aromatic rings. The highest BCUT2D eigenvalue weighted by atomic mass is 79.9. The van der Waals surface area contributed by atoms with Crippen molar-refractivity contribution in [2.45, 2.75) is 0 Å². The highest BCUT2D eigenvalue weighted by molar-refractivity contribution is 9.10. The van der Waals surface area contributed by atoms with E-state index in [0.29, 0.717) is 5.76 Å². The third-order valence-electron chi connectivity index (χ3n) is 2.37. The largest absolute Gasteiger partial charge is 0.496 e. The Bertz CT molecular complexity index is 571. The van der Waals surface area contributed by atoms with Crippen molar-refractivity contribution in [1.82, 2.24) is 0 Å². The summed E-state index contributed by atoms with van der Waals surface area (Å²) in [5.74, 6) is 0.926. The van der Waals surface area contributed by atoms with Gasteiger partial charge in [-0.05, 0) is 51.8 Å². The number of methoxy groups -OCH3 is 1. The Morgan fingerprint density at radius 1 is 1.39 bits per heavy atom. The Hall–Kier alpha value is -1.81. The lowest BCUT2D eigenvalue weighted by molar-refractivity contribution is 0.102. The fourth-order valence-electron chi connectivity index (χ4n) is 1.46. The first kappa shape index (κ1) is 12.6. The molecule has 0 radical (unpaired) electrons. The number of hydrogen-bond donors (Lipinski definition) is 0. The molecule has 0 amide bonds. The molecule has 0 fully saturated rings. The zero-order valence-corrected chi connectivity index (χ0v) is 11.3. The van der Waals surface area contributed by atoms with Gasteiger partial charge in [-0.25, -0.2) is 0 Å². The maximum atomic E-state index is 11.7. The van der Waals surface area contributed by atoms with E-state index in [1.54, 1.807) is 25.3 Å². The molecule has 0 bridgehead atoms. The first-order chi connectivity index (χ1) is 8.70. The third kappa shape index (κ3) is 2.90. The van der Waals surface area contributed by atoms with Gasteiger partial charge in [0.25, 0.3) is 0 Å². The molecule has 0 spiro atoms. The van der Waals surface area contributed by atoms with E-state index in [-0.39, 0.29) is 5.78 Å². The van der Waals surface area contributed by atoms with E-state index < -0.39 is 0 Å². The van der Waals surface area contributed by atoms with E-state index in [1.807, 2.05) is 18.2 Å². The Kier molecular flexibility index (Phi) is 3.99. The van der Waals surface area contributed by atoms with Crippen LogP contribution in [0.2, 0.25) is 0 Å². The lowest BCUT2D eigenvalue weighted by Crippen LogP contribution is -1.90. The van der Waals surface area contributed by atoms with Gasteiger partial charge >= 0.3 is 0 Å². The number of benzene rings is 1. The van der Waals surface area contributed by atoms with Crippen molar-refractivity contribution >= 4 is 27.8 Å². The lowest BCUT2D eigenvalue weighted by Gasteiger charge is -2.03. The number of hydrogen-bond acceptors (Lipinski definition) is 3. The van der Waals surface area contributed by atoms with Gasteiger partial charge in [-0.1, -0.05) is 12.1 Å². The molecular weight excluding hydrogens is 296 g/mol. The molecule has 0 unspecified atom stereocenters. The Morgan fingerprint density at radius 2 is 2.22 bits per heavy atom. The third-order valence-corrected chi connectivity index (χ3v) is 2.99. The molecule has 2 rings (SSSR count). The normalized spacial score (nSPS) is 10.8. The number of allylic oxidation sites excluding steroid dienone is 1. The number of furan rings is 1. The van der Waals surface area contributed by atoms with Gasteiger partial charge < -0.3 is 9.15 Å². The zero-order chi connectivity index (χ0) is 13.0. The molecule has 18 heavy (non-hydrogen) atoms. The van der Waals surface area contributed by atoms with Crippen LogP contribution in [0.4, 0.5) is 0 Å². The predicted octanol–water partition coefficient (Wildman–Crippen LogP) is 3.95. The van der Waals surface area contributed by atoms with Crippen LogP contribution in [0.1, 0.15) is 16.1 Å². The van der Waals surface area contributed by atoms with E-state index in [2.05, 4.69) is 15.9 Å². The second kappa shape index (κ2) is 5.69. The van der Waals surface area contributed by atoms with Crippen LogP contribution in [0.3, 0.4) is 0 Å². The molecule has 1 aromatic heterocycles. The maximum absolute atomic E-state index is 11.7. The van der Waals surface area contributed by atoms with Crippen molar-refractivity contribution in [2.24, 2.45) is 0 Å². The number of rotatable bonds is 4. The van der Waals surface area contributed by atoms with Gasteiger partial charge in [-0.2, -0.15) is 0 Å². The van der Waals surface area contributed by atoms with Gasteiger partial charge in [-0.15, -0.1) is 0 Å². The monoisotopic (exact) mass is 306 g/mol. The topological polar surface area (TPSA) is 39.4 Å². The van der Waals surface area contributed by atoms with E-state index in [9.17, 15) is 4.79 Å². The molecule has 1 aromatic carbocycles. The minimum Gasteiger partial charge on any atom is -0.496 e. The summed E-state index contributed by atoms with van der Waals surface area (Å²) < 4.78 is 11.0. The van der Waals surface area contributed by atoms with Gasteiger partial charge in [0.05, 0.1) is 17.8 Å². The summed E-state index contributed by atoms with van der Waals surface area (Å²) in [6.45, 7) is 0. The number of ketones is 1. The van der Waals surface area contributed by atoms with Crippen LogP contribution in [0.15, 0.2) is 51.6 Å². The molecule has 0 saturated carbocycles. The molecule has 0 aliphatic carbocycles. The second-order valence-corrected chi connectivity index (χ2v) is 4.42. The average molecular weight is 307 g/mol. The minimum absolute atomic E-state index is 0.160. The first-order valence-electron chi connectivity index (χ1n) is 5.30. The molecule has 1 heterocycles. The highest BCUT2D eigenvalue weighted by Crippen LogP contribution is 2.26. The van der Waals surface area contributed by atoms with Gasteiger partial charge in [0.15, 0.2) is 5.76 Å². The molecule has 0 atom stereocenters. The molecule has 92 valence electrons. The van der Waals surface area contributed by atoms with Crippen LogP contribution in [-0.2, 0) is 0 Å². The summed E-state index contributed by atoms with van der Waals surface area (Å²) in [4.78, 5) is 11.7. The van der Waals surface area contributed by atoms with E-state index in [1.165, 1.54) is 12.3 Å². The molecule has 0 aliphatic heterocycles. The predicted molar refractivity (Wildman–Crippen MR) is 72.8 cm³/mol. The van der Waals surface area contributed by atoms with Crippen molar-refractivity contribution in [3.05, 3.63) is 58.5 Å². The second-order valence-electron chi connectivity index (χ2n) is 3.57. The van der Waals surface area contributed by atoms with Crippen LogP contribution in [-0.4, -0.2) is 12.9 Å². The minimum atomic E-state index is -0.160. The van der Waals surface area contributed by atoms with Crippen LogP contribution >= 0.6 is 15.9 Å². The summed E-state index contributed by atoms with van der Waals surface area (Å²) in [6, 6.07) is 8.91. The molecule has 0 N–H and O–H groups in total. The summed E-state index contributed by atoms with van der Waals surface area (Å²) >= 11 is 3.39. The van der Waals surface area contributed by atoms with E-state index in [0.717, 1.165) is 15.8 Å². The van der Waals surface area contributed by atoms with E-state index in [4.69, 9.17) is 9.15 Å². The summed E-state index contributed by atoms with van der Waals surface area (Å²) in [6.07, 6.45) is 4.69. The van der Waals surface area contributed by atoms with Crippen LogP contribution in [0.25, 0.3) is 6.08 Å². The Balaban J connectivity index is 2.14. The molecule has 0 aliphatic rings. The molecule has 3 nitrogen and oxygen atoms in total. The van der Waals surface area contributed by atoms with Gasteiger partial charge in [0.1, 0.15) is 5.75 Å². The van der Waals surface area contributed by atoms with Crippen molar-refractivity contribution in [3.8, 4) is 5.75 Å². The first-order valence-corrected chi connectivity index (χ1v) is 6.09. The molecular formula is C14H11BrO3. The lowest BCUT2D eigenvalue weighted by atomic mass is 10.2. The smallest absolute Gasteiger partial charge is 0.221 e. The van der Waals surface area contributed by atoms with Gasteiger partial charge in [0, 0.05) is 0 Å². The van der Waals surface area contributed by atoms with Gasteiger partial charge in [-0.3, -0.25) is 4.79 Å². The highest BCUT2D eigenvalue weighted by Gasteiger charge is 2.04. The van der Waals surface area contributed by atoms with Crippen molar-refractivity contribution in [3.63, 3.8) is 0 Å². The summed E-state index contributed by atoms with van der Waals surface area (Å²) in [7, 11) is 1.61.